The summed E-state index contributed by atoms with van der Waals surface area (Å²) in [5.74, 6) is -0.329. The monoisotopic (exact) mass is 271 g/mol. The molecule has 1 amide bonds. The molecule has 104 valence electrons. The van der Waals surface area contributed by atoms with Crippen molar-refractivity contribution in [1.82, 2.24) is 0 Å². The number of anilines is 1. The van der Waals surface area contributed by atoms with E-state index in [-0.39, 0.29) is 24.3 Å². The summed E-state index contributed by atoms with van der Waals surface area (Å²) >= 11 is 0. The zero-order valence-corrected chi connectivity index (χ0v) is 11.1. The normalized spacial score (nSPS) is 26.7. The molecule has 4 nitrogen and oxygen atoms in total. The maximum Gasteiger partial charge on any atom is 0.323 e. The van der Waals surface area contributed by atoms with Crippen LogP contribution in [0.25, 0.3) is 0 Å². The minimum absolute atomic E-state index is 0.0598. The van der Waals surface area contributed by atoms with Gasteiger partial charge in [0.05, 0.1) is 0 Å². The van der Waals surface area contributed by atoms with Crippen LogP contribution in [0.3, 0.4) is 0 Å². The van der Waals surface area contributed by atoms with Gasteiger partial charge in [-0.15, -0.1) is 0 Å². The second kappa shape index (κ2) is 5.12. The lowest BCUT2D eigenvalue weighted by atomic mass is 9.92. The topological polar surface area (TPSA) is 57.6 Å². The summed E-state index contributed by atoms with van der Waals surface area (Å²) in [7, 11) is 0. The molecule has 0 heterocycles. The Bertz CT molecular complexity index is 552. The van der Waals surface area contributed by atoms with Gasteiger partial charge in [-0.25, -0.2) is 0 Å². The fraction of sp³-hybridized carbons (Fsp3) is 0.375. The molecule has 1 saturated carbocycles. The van der Waals surface area contributed by atoms with Gasteiger partial charge in [-0.3, -0.25) is 9.59 Å². The predicted octanol–water partition coefficient (Wildman–Crippen LogP) is 2.32. The summed E-state index contributed by atoms with van der Waals surface area (Å²) < 4.78 is 0. The number of carboxylic acids is 1. The first-order valence-electron chi connectivity index (χ1n) is 6.91. The fourth-order valence-corrected chi connectivity index (χ4v) is 3.30. The van der Waals surface area contributed by atoms with Gasteiger partial charge in [-0.05, 0) is 36.8 Å². The predicted molar refractivity (Wildman–Crippen MR) is 75.3 cm³/mol. The van der Waals surface area contributed by atoms with Gasteiger partial charge in [0.15, 0.2) is 0 Å². The van der Waals surface area contributed by atoms with Crippen LogP contribution in [0.5, 0.6) is 0 Å². The van der Waals surface area contributed by atoms with E-state index in [0.29, 0.717) is 11.6 Å². The van der Waals surface area contributed by atoms with Crippen molar-refractivity contribution in [3.05, 3.63) is 42.5 Å². The van der Waals surface area contributed by atoms with Gasteiger partial charge >= 0.3 is 5.97 Å². The van der Waals surface area contributed by atoms with E-state index in [2.05, 4.69) is 12.2 Å². The summed E-state index contributed by atoms with van der Waals surface area (Å²) in [6.45, 7) is -0.277. The number of carbonyl (C=O) groups excluding carboxylic acids is 1. The molecule has 2 bridgehead atoms. The first-order chi connectivity index (χ1) is 9.65. The Morgan fingerprint density at radius 3 is 2.45 bits per heavy atom. The Morgan fingerprint density at radius 1 is 1.15 bits per heavy atom. The van der Waals surface area contributed by atoms with E-state index < -0.39 is 5.97 Å². The Hall–Kier alpha value is -2.10. The largest absolute Gasteiger partial charge is 0.480 e. The van der Waals surface area contributed by atoms with Crippen molar-refractivity contribution in [3.8, 4) is 0 Å². The van der Waals surface area contributed by atoms with Crippen molar-refractivity contribution in [2.75, 3.05) is 11.4 Å². The first kappa shape index (κ1) is 12.9. The van der Waals surface area contributed by atoms with Gasteiger partial charge in [0.2, 0.25) is 5.91 Å². The van der Waals surface area contributed by atoms with Crippen LogP contribution < -0.4 is 4.90 Å². The molecule has 3 unspecified atom stereocenters. The minimum Gasteiger partial charge on any atom is -0.480 e. The highest BCUT2D eigenvalue weighted by Gasteiger charge is 2.42. The van der Waals surface area contributed by atoms with Gasteiger partial charge in [-0.2, -0.15) is 0 Å². The molecular weight excluding hydrogens is 254 g/mol. The molecule has 0 aliphatic heterocycles. The molecule has 3 rings (SSSR count). The molecule has 2 aliphatic rings. The molecule has 1 N–H and O–H groups in total. The number of aliphatic carboxylic acids is 1. The molecule has 1 aromatic carbocycles. The van der Waals surface area contributed by atoms with Crippen molar-refractivity contribution >= 4 is 17.6 Å². The van der Waals surface area contributed by atoms with Crippen LogP contribution in [0.2, 0.25) is 0 Å². The fourth-order valence-electron chi connectivity index (χ4n) is 3.30. The van der Waals surface area contributed by atoms with Gasteiger partial charge < -0.3 is 10.0 Å². The van der Waals surface area contributed by atoms with E-state index in [1.54, 1.807) is 12.1 Å². The lowest BCUT2D eigenvalue weighted by Crippen LogP contribution is -2.41. The van der Waals surface area contributed by atoms with Crippen molar-refractivity contribution < 1.29 is 14.7 Å². The summed E-state index contributed by atoms with van der Waals surface area (Å²) in [5.41, 5.74) is 0.659. The second-order valence-corrected chi connectivity index (χ2v) is 5.54. The molecule has 0 spiro atoms. The molecule has 2 aliphatic carbocycles. The summed E-state index contributed by atoms with van der Waals surface area (Å²) in [6, 6.07) is 9.05. The number of rotatable bonds is 4. The summed E-state index contributed by atoms with van der Waals surface area (Å²) in [5, 5.41) is 9.06. The van der Waals surface area contributed by atoms with Gasteiger partial charge in [0.25, 0.3) is 0 Å². The van der Waals surface area contributed by atoms with E-state index in [9.17, 15) is 9.59 Å². The molecule has 0 saturated heterocycles. The number of para-hydroxylation sites is 1. The van der Waals surface area contributed by atoms with E-state index in [0.717, 1.165) is 12.8 Å². The zero-order chi connectivity index (χ0) is 14.1. The van der Waals surface area contributed by atoms with Crippen molar-refractivity contribution in [2.24, 2.45) is 17.8 Å². The molecule has 1 fully saturated rings. The Labute approximate surface area is 117 Å². The van der Waals surface area contributed by atoms with Crippen LogP contribution in [0.1, 0.15) is 12.8 Å². The molecular formula is C16H17NO3. The maximum atomic E-state index is 12.7. The summed E-state index contributed by atoms with van der Waals surface area (Å²) in [4.78, 5) is 25.2. The molecule has 3 atom stereocenters. The smallest absolute Gasteiger partial charge is 0.323 e. The third-order valence-electron chi connectivity index (χ3n) is 4.22. The van der Waals surface area contributed by atoms with Crippen molar-refractivity contribution in [2.45, 2.75) is 12.8 Å². The van der Waals surface area contributed by atoms with Crippen LogP contribution in [0.4, 0.5) is 5.69 Å². The highest BCUT2D eigenvalue weighted by atomic mass is 16.4. The lowest BCUT2D eigenvalue weighted by molar-refractivity contribution is -0.137. The Kier molecular flexibility index (Phi) is 3.30. The molecule has 0 radical (unpaired) electrons. The molecule has 1 aromatic rings. The van der Waals surface area contributed by atoms with E-state index in [1.807, 2.05) is 18.2 Å². The van der Waals surface area contributed by atoms with Crippen LogP contribution >= 0.6 is 0 Å². The summed E-state index contributed by atoms with van der Waals surface area (Å²) in [6.07, 6.45) is 6.17. The number of fused-ring (bicyclic) bond motifs is 2. The van der Waals surface area contributed by atoms with Crippen LogP contribution in [-0.2, 0) is 9.59 Å². The number of carbonyl (C=O) groups is 2. The van der Waals surface area contributed by atoms with Gasteiger partial charge in [0.1, 0.15) is 6.54 Å². The number of nitrogens with zero attached hydrogens (tertiary/aromatic N) is 1. The lowest BCUT2D eigenvalue weighted by Gasteiger charge is -2.27. The van der Waals surface area contributed by atoms with E-state index in [4.69, 9.17) is 5.11 Å². The average molecular weight is 271 g/mol. The molecule has 4 heteroatoms. The van der Waals surface area contributed by atoms with Crippen molar-refractivity contribution in [1.29, 1.82) is 0 Å². The van der Waals surface area contributed by atoms with E-state index >= 15 is 0 Å². The number of allylic oxidation sites excluding steroid dienone is 2. The first-order valence-corrected chi connectivity index (χ1v) is 6.91. The van der Waals surface area contributed by atoms with Crippen molar-refractivity contribution in [3.63, 3.8) is 0 Å². The zero-order valence-electron chi connectivity index (χ0n) is 11.1. The highest BCUT2D eigenvalue weighted by molar-refractivity contribution is 5.99. The van der Waals surface area contributed by atoms with Crippen LogP contribution in [0.15, 0.2) is 42.5 Å². The maximum absolute atomic E-state index is 12.7. The molecule has 20 heavy (non-hydrogen) atoms. The van der Waals surface area contributed by atoms with Gasteiger partial charge in [-0.1, -0.05) is 30.4 Å². The number of carboxylic acid groups (broad SMARTS) is 1. The quantitative estimate of drug-likeness (QED) is 0.855. The number of hydrogen-bond acceptors (Lipinski definition) is 2. The Morgan fingerprint density at radius 2 is 1.90 bits per heavy atom. The second-order valence-electron chi connectivity index (χ2n) is 5.54. The number of hydrogen-bond donors (Lipinski definition) is 1. The highest BCUT2D eigenvalue weighted by Crippen LogP contribution is 2.44. The third kappa shape index (κ3) is 2.33. The third-order valence-corrected chi connectivity index (χ3v) is 4.22. The van der Waals surface area contributed by atoms with Crippen LogP contribution in [0, 0.1) is 17.8 Å². The average Bonchev–Trinajstić information content (AvgIpc) is 3.07. The Balaban J connectivity index is 1.84. The number of amides is 1. The standard InChI is InChI=1S/C16H17NO3/c18-15(19)10-17(13-4-2-1-3-5-13)16(20)14-9-11-6-7-12(14)8-11/h1-7,11-12,14H,8-10H2,(H,18,19). The van der Waals surface area contributed by atoms with Crippen LogP contribution in [-0.4, -0.2) is 23.5 Å². The molecule has 0 aromatic heterocycles. The minimum atomic E-state index is -0.985. The number of benzene rings is 1. The SMILES string of the molecule is O=C(O)CN(C(=O)C1CC2C=CC1C2)c1ccccc1. The van der Waals surface area contributed by atoms with Gasteiger partial charge in [0, 0.05) is 11.6 Å². The van der Waals surface area contributed by atoms with E-state index in [1.165, 1.54) is 4.90 Å².